The van der Waals surface area contributed by atoms with Gasteiger partial charge in [0.2, 0.25) is 0 Å². The number of nitrogens with two attached hydrogens (primary N) is 1. The summed E-state index contributed by atoms with van der Waals surface area (Å²) < 4.78 is 10.8. The zero-order chi connectivity index (χ0) is 17.5. The second-order valence-corrected chi connectivity index (χ2v) is 6.23. The van der Waals surface area contributed by atoms with Crippen LogP contribution in [0.25, 0.3) is 0 Å². The van der Waals surface area contributed by atoms with Gasteiger partial charge in [0.25, 0.3) is 0 Å². The van der Waals surface area contributed by atoms with Gasteiger partial charge in [-0.3, -0.25) is 4.79 Å². The first-order valence-electron chi connectivity index (χ1n) is 8.07. The van der Waals surface area contributed by atoms with Gasteiger partial charge in [0.1, 0.15) is 17.0 Å². The van der Waals surface area contributed by atoms with Gasteiger partial charge in [-0.1, -0.05) is 25.8 Å². The largest absolute Gasteiger partial charge is 0.496 e. The summed E-state index contributed by atoms with van der Waals surface area (Å²) in [6.45, 7) is 3.66. The number of carboxylic acids is 1. The third-order valence-electron chi connectivity index (χ3n) is 4.35. The highest BCUT2D eigenvalue weighted by Gasteiger charge is 2.30. The van der Waals surface area contributed by atoms with Gasteiger partial charge in [-0.05, 0) is 44.2 Å². The molecular formula is C18H29NO4. The molecule has 0 amide bonds. The summed E-state index contributed by atoms with van der Waals surface area (Å²) in [6.07, 6.45) is 4.10. The summed E-state index contributed by atoms with van der Waals surface area (Å²) in [4.78, 5) is 11.2. The van der Waals surface area contributed by atoms with E-state index in [1.54, 1.807) is 21.1 Å². The van der Waals surface area contributed by atoms with Crippen molar-refractivity contribution in [1.82, 2.24) is 0 Å². The first-order valence-corrected chi connectivity index (χ1v) is 8.07. The van der Waals surface area contributed by atoms with Crippen LogP contribution in [0.2, 0.25) is 0 Å². The van der Waals surface area contributed by atoms with Crippen LogP contribution in [0.3, 0.4) is 0 Å². The molecule has 1 aromatic carbocycles. The minimum atomic E-state index is -1.16. The van der Waals surface area contributed by atoms with E-state index in [4.69, 9.17) is 20.3 Å². The molecule has 0 saturated carbocycles. The minimum Gasteiger partial charge on any atom is -0.496 e. The molecule has 5 nitrogen and oxygen atoms in total. The Morgan fingerprint density at radius 3 is 2.30 bits per heavy atom. The highest BCUT2D eigenvalue weighted by molar-refractivity contribution is 5.77. The fraction of sp³-hybridized carbons (Fsp3) is 0.611. The van der Waals surface area contributed by atoms with Gasteiger partial charge in [0.15, 0.2) is 0 Å². The molecule has 0 fully saturated rings. The fourth-order valence-corrected chi connectivity index (χ4v) is 2.88. The van der Waals surface area contributed by atoms with Crippen molar-refractivity contribution in [3.05, 3.63) is 23.8 Å². The number of ether oxygens (including phenoxy) is 2. The quantitative estimate of drug-likeness (QED) is 0.691. The average molecular weight is 323 g/mol. The van der Waals surface area contributed by atoms with E-state index in [1.165, 1.54) is 0 Å². The number of benzene rings is 1. The number of methoxy groups -OCH3 is 2. The Hall–Kier alpha value is -1.75. The van der Waals surface area contributed by atoms with Crippen LogP contribution in [0.1, 0.15) is 45.1 Å². The summed E-state index contributed by atoms with van der Waals surface area (Å²) in [5.74, 6) is 1.00. The first-order chi connectivity index (χ1) is 10.9. The summed E-state index contributed by atoms with van der Waals surface area (Å²) in [5, 5.41) is 9.17. The molecule has 0 aliphatic rings. The summed E-state index contributed by atoms with van der Waals surface area (Å²) in [6, 6.07) is 5.76. The second-order valence-electron chi connectivity index (χ2n) is 6.23. The molecule has 2 atom stereocenters. The maximum absolute atomic E-state index is 11.2. The number of carbonyl (C=O) groups is 1. The van der Waals surface area contributed by atoms with E-state index in [9.17, 15) is 4.79 Å². The van der Waals surface area contributed by atoms with Gasteiger partial charge in [0.05, 0.1) is 14.2 Å². The zero-order valence-electron chi connectivity index (χ0n) is 14.6. The number of carboxylic acid groups (broad SMARTS) is 1. The first kappa shape index (κ1) is 19.3. The lowest BCUT2D eigenvalue weighted by Crippen LogP contribution is -2.46. The molecule has 3 N–H and O–H groups in total. The van der Waals surface area contributed by atoms with Crippen molar-refractivity contribution in [3.63, 3.8) is 0 Å². The third kappa shape index (κ3) is 5.43. The van der Waals surface area contributed by atoms with E-state index in [1.807, 2.05) is 18.2 Å². The van der Waals surface area contributed by atoms with Crippen LogP contribution in [-0.2, 0) is 11.2 Å². The van der Waals surface area contributed by atoms with Crippen molar-refractivity contribution in [1.29, 1.82) is 0 Å². The Kier molecular flexibility index (Phi) is 7.36. The monoisotopic (exact) mass is 323 g/mol. The number of hydrogen-bond acceptors (Lipinski definition) is 4. The highest BCUT2D eigenvalue weighted by Crippen LogP contribution is 2.31. The lowest BCUT2D eigenvalue weighted by molar-refractivity contribution is -0.143. The Bertz CT molecular complexity index is 491. The molecule has 2 unspecified atom stereocenters. The molecule has 130 valence electrons. The number of rotatable bonds is 10. The lowest BCUT2D eigenvalue weighted by Gasteiger charge is -2.25. The Labute approximate surface area is 138 Å². The standard InChI is InChI=1S/C18H29NO4/c1-5-13(12-18(2,19)17(20)21)8-6-9-14-15(22-3)10-7-11-16(14)23-4/h7,10-11,13H,5-6,8-9,12,19H2,1-4H3,(H,20,21). The molecule has 0 radical (unpaired) electrons. The van der Waals surface area contributed by atoms with E-state index in [2.05, 4.69) is 6.92 Å². The van der Waals surface area contributed by atoms with E-state index in [-0.39, 0.29) is 0 Å². The van der Waals surface area contributed by atoms with Gasteiger partial charge >= 0.3 is 5.97 Å². The van der Waals surface area contributed by atoms with Crippen molar-refractivity contribution >= 4 is 5.97 Å². The van der Waals surface area contributed by atoms with Crippen molar-refractivity contribution in [2.24, 2.45) is 11.7 Å². The van der Waals surface area contributed by atoms with Crippen LogP contribution >= 0.6 is 0 Å². The summed E-state index contributed by atoms with van der Waals surface area (Å²) in [5.41, 5.74) is 5.76. The minimum absolute atomic E-state index is 0.293. The molecule has 0 aromatic heterocycles. The molecular weight excluding hydrogens is 294 g/mol. The number of hydrogen-bond donors (Lipinski definition) is 2. The van der Waals surface area contributed by atoms with Crippen LogP contribution in [-0.4, -0.2) is 30.8 Å². The summed E-state index contributed by atoms with van der Waals surface area (Å²) in [7, 11) is 3.31. The second kappa shape index (κ2) is 8.77. The van der Waals surface area contributed by atoms with E-state index >= 15 is 0 Å². The van der Waals surface area contributed by atoms with Gasteiger partial charge in [0, 0.05) is 5.56 Å². The van der Waals surface area contributed by atoms with Crippen molar-refractivity contribution in [2.75, 3.05) is 14.2 Å². The smallest absolute Gasteiger partial charge is 0.323 e. The van der Waals surface area contributed by atoms with Gasteiger partial charge in [-0.2, -0.15) is 0 Å². The van der Waals surface area contributed by atoms with Crippen LogP contribution in [0, 0.1) is 5.92 Å². The predicted octanol–water partition coefficient (Wildman–Crippen LogP) is 3.24. The fourth-order valence-electron chi connectivity index (χ4n) is 2.88. The van der Waals surface area contributed by atoms with Crippen LogP contribution < -0.4 is 15.2 Å². The van der Waals surface area contributed by atoms with Gasteiger partial charge in [-0.25, -0.2) is 0 Å². The van der Waals surface area contributed by atoms with Crippen LogP contribution in [0.4, 0.5) is 0 Å². The van der Waals surface area contributed by atoms with Crippen LogP contribution in [0.5, 0.6) is 11.5 Å². The van der Waals surface area contributed by atoms with Crippen LogP contribution in [0.15, 0.2) is 18.2 Å². The maximum Gasteiger partial charge on any atom is 0.323 e. The SMILES string of the molecule is CCC(CCCc1c(OC)cccc1OC)CC(C)(N)C(=O)O. The molecule has 5 heteroatoms. The average Bonchev–Trinajstić information content (AvgIpc) is 2.53. The highest BCUT2D eigenvalue weighted by atomic mass is 16.5. The van der Waals surface area contributed by atoms with Crippen molar-refractivity contribution < 1.29 is 19.4 Å². The third-order valence-corrected chi connectivity index (χ3v) is 4.35. The molecule has 0 bridgehead atoms. The van der Waals surface area contributed by atoms with E-state index in [0.29, 0.717) is 12.3 Å². The normalized spacial score (nSPS) is 14.8. The molecule has 0 saturated heterocycles. The van der Waals surface area contributed by atoms with Crippen molar-refractivity contribution in [3.8, 4) is 11.5 Å². The van der Waals surface area contributed by atoms with E-state index < -0.39 is 11.5 Å². The maximum atomic E-state index is 11.2. The van der Waals surface area contributed by atoms with E-state index in [0.717, 1.165) is 42.7 Å². The van der Waals surface area contributed by atoms with Gasteiger partial charge < -0.3 is 20.3 Å². The molecule has 1 rings (SSSR count). The summed E-state index contributed by atoms with van der Waals surface area (Å²) >= 11 is 0. The topological polar surface area (TPSA) is 81.8 Å². The Morgan fingerprint density at radius 1 is 1.30 bits per heavy atom. The zero-order valence-corrected chi connectivity index (χ0v) is 14.6. The molecule has 0 aliphatic carbocycles. The predicted molar refractivity (Wildman–Crippen MR) is 91.1 cm³/mol. The number of aliphatic carboxylic acids is 1. The Morgan fingerprint density at radius 2 is 1.87 bits per heavy atom. The van der Waals surface area contributed by atoms with Gasteiger partial charge in [-0.15, -0.1) is 0 Å². The molecule has 0 aliphatic heterocycles. The molecule has 0 spiro atoms. The Balaban J connectivity index is 2.67. The van der Waals surface area contributed by atoms with Crippen molar-refractivity contribution in [2.45, 2.75) is 51.5 Å². The molecule has 23 heavy (non-hydrogen) atoms. The molecule has 0 heterocycles. The lowest BCUT2D eigenvalue weighted by atomic mass is 9.85. The molecule has 1 aromatic rings.